The molecule has 0 bridgehead atoms. The third-order valence-electron chi connectivity index (χ3n) is 11.8. The monoisotopic (exact) mass is 457 g/mol. The van der Waals surface area contributed by atoms with Crippen LogP contribution in [0, 0.1) is 46.3 Å². The average molecular weight is 458 g/mol. The number of esters is 1. The lowest BCUT2D eigenvalue weighted by Crippen LogP contribution is -2.68. The van der Waals surface area contributed by atoms with Crippen LogP contribution >= 0.6 is 0 Å². The number of hydrogen-bond acceptors (Lipinski definition) is 3. The average Bonchev–Trinajstić information content (AvgIpc) is 3.15. The maximum atomic E-state index is 12.0. The molecule has 0 heterocycles. The molecule has 0 aliphatic heterocycles. The Hall–Kier alpha value is -0.830. The van der Waals surface area contributed by atoms with Crippen molar-refractivity contribution in [1.29, 1.82) is 0 Å². The zero-order valence-electron chi connectivity index (χ0n) is 22.4. The van der Waals surface area contributed by atoms with Crippen molar-refractivity contribution in [2.45, 2.75) is 118 Å². The predicted octanol–water partition coefficient (Wildman–Crippen LogP) is 7.29. The number of carbonyl (C=O) groups is 1. The van der Waals surface area contributed by atoms with E-state index in [1.165, 1.54) is 57.8 Å². The lowest BCUT2D eigenvalue weighted by Gasteiger charge is -2.66. The molecule has 188 valence electrons. The van der Waals surface area contributed by atoms with Crippen molar-refractivity contribution in [3.8, 4) is 0 Å². The Balaban J connectivity index is 1.50. The van der Waals surface area contributed by atoms with Crippen LogP contribution in [0.25, 0.3) is 0 Å². The summed E-state index contributed by atoms with van der Waals surface area (Å²) in [5.74, 6) is 4.20. The summed E-state index contributed by atoms with van der Waals surface area (Å²) in [5.41, 5.74) is 9.96. The first kappa shape index (κ1) is 25.3. The molecule has 0 aromatic rings. The highest BCUT2D eigenvalue weighted by molar-refractivity contribution is 5.69. The molecule has 0 aromatic heterocycles. The fourth-order valence-electron chi connectivity index (χ4n) is 9.88. The Morgan fingerprint density at radius 3 is 2.45 bits per heavy atom. The van der Waals surface area contributed by atoms with Gasteiger partial charge in [-0.3, -0.25) is 4.79 Å². The second-order valence-electron chi connectivity index (χ2n) is 13.0. The SMILES string of the molecule is C/C=C(/C)C1CCC2(C)C(CCC3(N)C2CCC2(C)C([C@H](C)CCC(=O)OCC)CCC23)C1. The summed E-state index contributed by atoms with van der Waals surface area (Å²) in [6.07, 6.45) is 15.7. The van der Waals surface area contributed by atoms with Crippen molar-refractivity contribution in [3.05, 3.63) is 11.6 Å². The molecule has 4 aliphatic carbocycles. The van der Waals surface area contributed by atoms with Crippen LogP contribution in [-0.4, -0.2) is 18.1 Å². The maximum absolute atomic E-state index is 12.0. The van der Waals surface area contributed by atoms with E-state index in [4.69, 9.17) is 10.5 Å². The molecule has 4 saturated carbocycles. The molecule has 8 unspecified atom stereocenters. The fourth-order valence-corrected chi connectivity index (χ4v) is 9.88. The summed E-state index contributed by atoms with van der Waals surface area (Å²) in [5, 5.41) is 0. The van der Waals surface area contributed by atoms with Gasteiger partial charge in [0.1, 0.15) is 0 Å². The van der Waals surface area contributed by atoms with Gasteiger partial charge in [-0.05, 0) is 131 Å². The van der Waals surface area contributed by atoms with Gasteiger partial charge in [-0.25, -0.2) is 0 Å². The second-order valence-corrected chi connectivity index (χ2v) is 13.0. The van der Waals surface area contributed by atoms with Crippen molar-refractivity contribution in [3.63, 3.8) is 0 Å². The standard InChI is InChI=1S/C30H51NO2/c1-7-20(3)22-13-16-28(5)23(19-22)14-18-30(31)25-11-10-24(29(25,6)17-15-26(28)30)21(4)9-12-27(32)33-8-2/h7,21-26H,8-19,31H2,1-6H3/b20-7-/t21-,22?,23?,24?,25?,26?,28?,29?,30?/m1/s1. The number of allylic oxidation sites excluding steroid dienone is 2. The summed E-state index contributed by atoms with van der Waals surface area (Å²) < 4.78 is 5.20. The van der Waals surface area contributed by atoms with Gasteiger partial charge in [0.05, 0.1) is 6.61 Å². The van der Waals surface area contributed by atoms with Crippen LogP contribution in [0.15, 0.2) is 11.6 Å². The van der Waals surface area contributed by atoms with E-state index in [0.717, 1.165) is 18.3 Å². The van der Waals surface area contributed by atoms with Gasteiger partial charge in [-0.1, -0.05) is 32.4 Å². The Morgan fingerprint density at radius 1 is 1.06 bits per heavy atom. The van der Waals surface area contributed by atoms with E-state index in [0.29, 0.717) is 47.5 Å². The third-order valence-corrected chi connectivity index (χ3v) is 11.8. The van der Waals surface area contributed by atoms with Crippen molar-refractivity contribution < 1.29 is 9.53 Å². The smallest absolute Gasteiger partial charge is 0.305 e. The largest absolute Gasteiger partial charge is 0.466 e. The molecular weight excluding hydrogens is 406 g/mol. The molecule has 33 heavy (non-hydrogen) atoms. The highest BCUT2D eigenvalue weighted by Gasteiger charge is 2.65. The molecule has 4 fully saturated rings. The number of carbonyl (C=O) groups excluding carboxylic acids is 1. The quantitative estimate of drug-likeness (QED) is 0.336. The van der Waals surface area contributed by atoms with E-state index < -0.39 is 0 Å². The van der Waals surface area contributed by atoms with Gasteiger partial charge in [0, 0.05) is 12.0 Å². The van der Waals surface area contributed by atoms with Crippen LogP contribution in [0.2, 0.25) is 0 Å². The van der Waals surface area contributed by atoms with E-state index in [1.807, 2.05) is 6.92 Å². The van der Waals surface area contributed by atoms with Gasteiger partial charge < -0.3 is 10.5 Å². The van der Waals surface area contributed by atoms with Gasteiger partial charge in [0.25, 0.3) is 0 Å². The molecule has 3 heteroatoms. The minimum atomic E-state index is -0.0296. The highest BCUT2D eigenvalue weighted by Crippen LogP contribution is 2.69. The normalized spacial score (nSPS) is 46.2. The minimum absolute atomic E-state index is 0.0103. The second kappa shape index (κ2) is 9.32. The molecule has 0 radical (unpaired) electrons. The fraction of sp³-hybridized carbons (Fsp3) is 0.900. The summed E-state index contributed by atoms with van der Waals surface area (Å²) in [6.45, 7) is 14.5. The lowest BCUT2D eigenvalue weighted by atomic mass is 9.41. The molecule has 0 aromatic carbocycles. The first-order valence-corrected chi connectivity index (χ1v) is 14.2. The Kier molecular flexibility index (Phi) is 7.14. The predicted molar refractivity (Wildman–Crippen MR) is 137 cm³/mol. The number of hydrogen-bond donors (Lipinski definition) is 1. The van der Waals surface area contributed by atoms with Crippen LogP contribution in [-0.2, 0) is 9.53 Å². The summed E-state index contributed by atoms with van der Waals surface area (Å²) in [4.78, 5) is 12.0. The number of nitrogens with two attached hydrogens (primary N) is 1. The summed E-state index contributed by atoms with van der Waals surface area (Å²) >= 11 is 0. The van der Waals surface area contributed by atoms with Gasteiger partial charge in [0.15, 0.2) is 0 Å². The number of ether oxygens (including phenoxy) is 1. The first-order valence-electron chi connectivity index (χ1n) is 14.2. The van der Waals surface area contributed by atoms with Crippen LogP contribution < -0.4 is 5.73 Å². The van der Waals surface area contributed by atoms with Crippen molar-refractivity contribution >= 4 is 5.97 Å². The minimum Gasteiger partial charge on any atom is -0.466 e. The number of rotatable bonds is 6. The van der Waals surface area contributed by atoms with E-state index in [9.17, 15) is 4.79 Å². The molecule has 2 N–H and O–H groups in total. The van der Waals surface area contributed by atoms with Gasteiger partial charge in [-0.15, -0.1) is 0 Å². The summed E-state index contributed by atoms with van der Waals surface area (Å²) in [7, 11) is 0. The molecule has 9 atom stereocenters. The Labute approximate surface area is 203 Å². The van der Waals surface area contributed by atoms with Crippen molar-refractivity contribution in [2.75, 3.05) is 6.61 Å². The van der Waals surface area contributed by atoms with Crippen molar-refractivity contribution in [2.24, 2.45) is 52.1 Å². The van der Waals surface area contributed by atoms with Gasteiger partial charge >= 0.3 is 5.97 Å². The summed E-state index contributed by atoms with van der Waals surface area (Å²) in [6, 6.07) is 0. The van der Waals surface area contributed by atoms with Crippen molar-refractivity contribution in [1.82, 2.24) is 0 Å². The van der Waals surface area contributed by atoms with Gasteiger partial charge in [-0.2, -0.15) is 0 Å². The molecule has 4 aliphatic rings. The molecule has 0 saturated heterocycles. The topological polar surface area (TPSA) is 52.3 Å². The van der Waals surface area contributed by atoms with Crippen LogP contribution in [0.4, 0.5) is 0 Å². The molecule has 0 amide bonds. The van der Waals surface area contributed by atoms with Crippen LogP contribution in [0.3, 0.4) is 0 Å². The number of fused-ring (bicyclic) bond motifs is 5. The highest BCUT2D eigenvalue weighted by atomic mass is 16.5. The van der Waals surface area contributed by atoms with Gasteiger partial charge in [0.2, 0.25) is 0 Å². The molecular formula is C30H51NO2. The maximum Gasteiger partial charge on any atom is 0.305 e. The third kappa shape index (κ3) is 4.13. The van der Waals surface area contributed by atoms with E-state index in [1.54, 1.807) is 5.57 Å². The van der Waals surface area contributed by atoms with E-state index in [-0.39, 0.29) is 11.5 Å². The van der Waals surface area contributed by atoms with Crippen LogP contribution in [0.1, 0.15) is 112 Å². The Morgan fingerprint density at radius 2 is 1.76 bits per heavy atom. The zero-order valence-corrected chi connectivity index (χ0v) is 22.4. The molecule has 3 nitrogen and oxygen atoms in total. The van der Waals surface area contributed by atoms with E-state index >= 15 is 0 Å². The Bertz CT molecular complexity index is 760. The first-order chi connectivity index (χ1) is 15.6. The van der Waals surface area contributed by atoms with Crippen LogP contribution in [0.5, 0.6) is 0 Å². The molecule has 0 spiro atoms. The molecule has 4 rings (SSSR count). The lowest BCUT2D eigenvalue weighted by molar-refractivity contribution is -0.144. The zero-order chi connectivity index (χ0) is 24.0. The van der Waals surface area contributed by atoms with E-state index in [2.05, 4.69) is 40.7 Å².